The summed E-state index contributed by atoms with van der Waals surface area (Å²) in [5, 5.41) is 3.69. The van der Waals surface area contributed by atoms with Gasteiger partial charge in [0.2, 0.25) is 0 Å². The number of hydrogen-bond acceptors (Lipinski definition) is 0. The fourth-order valence-electron chi connectivity index (χ4n) is 4.47. The molecule has 0 radical (unpaired) electrons. The van der Waals surface area contributed by atoms with Gasteiger partial charge in [-0.2, -0.15) is 0 Å². The molecule has 0 saturated heterocycles. The third-order valence-electron chi connectivity index (χ3n) is 5.98. The summed E-state index contributed by atoms with van der Waals surface area (Å²) in [7, 11) is -1.61. The fraction of sp³-hybridized carbons (Fsp3) is 0.714. The van der Waals surface area contributed by atoms with Crippen molar-refractivity contribution in [2.24, 2.45) is 0 Å². The highest BCUT2D eigenvalue weighted by atomic mass is 28.3. The summed E-state index contributed by atoms with van der Waals surface area (Å²) in [6.07, 6.45) is 11.7. The van der Waals surface area contributed by atoms with Gasteiger partial charge in [-0.05, 0) is 19.3 Å². The zero-order valence-corrected chi connectivity index (χ0v) is 17.7. The van der Waals surface area contributed by atoms with E-state index >= 15 is 0 Å². The first-order chi connectivity index (χ1) is 11.0. The standard InChI is InChI=1S/C21H39BSi/c1-8-14-16-19-18(10-3)21(22(11-4)12-5)20(17-15-9-2)23(19,7)13-6/h13H,6,8-12,14-17H2,1-5,7H3. The number of unbranched alkanes of at least 4 members (excludes halogenated alkanes) is 2. The molecule has 1 atom stereocenters. The zero-order chi connectivity index (χ0) is 17.5. The molecular weight excluding hydrogens is 291 g/mol. The van der Waals surface area contributed by atoms with E-state index in [4.69, 9.17) is 0 Å². The predicted molar refractivity (Wildman–Crippen MR) is 112 cm³/mol. The van der Waals surface area contributed by atoms with Crippen LogP contribution in [0.2, 0.25) is 19.2 Å². The van der Waals surface area contributed by atoms with E-state index < -0.39 is 8.07 Å². The monoisotopic (exact) mass is 330 g/mol. The molecule has 130 valence electrons. The van der Waals surface area contributed by atoms with Crippen LogP contribution in [0.4, 0.5) is 0 Å². The Morgan fingerprint density at radius 3 is 1.83 bits per heavy atom. The van der Waals surface area contributed by atoms with Gasteiger partial charge in [0.1, 0.15) is 8.07 Å². The first kappa shape index (κ1) is 20.5. The molecule has 23 heavy (non-hydrogen) atoms. The van der Waals surface area contributed by atoms with E-state index in [2.05, 4.69) is 53.4 Å². The second-order valence-electron chi connectivity index (χ2n) is 7.33. The Hall–Kier alpha value is -0.498. The molecule has 0 aliphatic carbocycles. The van der Waals surface area contributed by atoms with Gasteiger partial charge < -0.3 is 0 Å². The van der Waals surface area contributed by atoms with Gasteiger partial charge in [0.25, 0.3) is 0 Å². The van der Waals surface area contributed by atoms with Crippen LogP contribution in [0.1, 0.15) is 79.6 Å². The number of hydrogen-bond donors (Lipinski definition) is 0. The van der Waals surface area contributed by atoms with E-state index in [-0.39, 0.29) is 0 Å². The molecule has 0 bridgehead atoms. The summed E-state index contributed by atoms with van der Waals surface area (Å²) >= 11 is 0. The van der Waals surface area contributed by atoms with Gasteiger partial charge in [0.15, 0.2) is 6.71 Å². The lowest BCUT2D eigenvalue weighted by Crippen LogP contribution is -2.33. The maximum atomic E-state index is 4.34. The Labute approximate surface area is 147 Å². The van der Waals surface area contributed by atoms with Crippen molar-refractivity contribution >= 4 is 14.8 Å². The topological polar surface area (TPSA) is 0 Å². The van der Waals surface area contributed by atoms with Crippen LogP contribution < -0.4 is 0 Å². The highest BCUT2D eigenvalue weighted by Crippen LogP contribution is 2.46. The van der Waals surface area contributed by atoms with Crippen molar-refractivity contribution in [2.75, 3.05) is 0 Å². The average Bonchev–Trinajstić information content (AvgIpc) is 2.81. The van der Waals surface area contributed by atoms with Crippen LogP contribution in [0.5, 0.6) is 0 Å². The van der Waals surface area contributed by atoms with Crippen molar-refractivity contribution in [1.82, 2.24) is 0 Å². The maximum Gasteiger partial charge on any atom is 0.175 e. The molecule has 0 aromatic heterocycles. The smallest absolute Gasteiger partial charge is 0.106 e. The highest BCUT2D eigenvalue weighted by molar-refractivity contribution is 6.98. The molecule has 0 aromatic carbocycles. The summed E-state index contributed by atoms with van der Waals surface area (Å²) in [5.74, 6) is 0. The molecule has 0 N–H and O–H groups in total. The van der Waals surface area contributed by atoms with E-state index in [1.807, 2.05) is 10.4 Å². The van der Waals surface area contributed by atoms with Crippen LogP contribution in [0, 0.1) is 0 Å². The second-order valence-corrected chi connectivity index (χ2v) is 11.3. The van der Waals surface area contributed by atoms with E-state index in [0.717, 1.165) is 6.71 Å². The lowest BCUT2D eigenvalue weighted by atomic mass is 9.39. The molecule has 1 unspecified atom stereocenters. The van der Waals surface area contributed by atoms with Crippen LogP contribution in [0.3, 0.4) is 0 Å². The van der Waals surface area contributed by atoms with Gasteiger partial charge in [-0.1, -0.05) is 107 Å². The van der Waals surface area contributed by atoms with Crippen LogP contribution in [0.25, 0.3) is 0 Å². The summed E-state index contributed by atoms with van der Waals surface area (Å²) in [6, 6.07) is 0. The first-order valence-corrected chi connectivity index (χ1v) is 12.7. The van der Waals surface area contributed by atoms with Crippen LogP contribution in [-0.2, 0) is 0 Å². The van der Waals surface area contributed by atoms with Crippen molar-refractivity contribution in [2.45, 2.75) is 98.8 Å². The third-order valence-corrected chi connectivity index (χ3v) is 10.4. The molecule has 0 amide bonds. The molecule has 0 nitrogen and oxygen atoms in total. The largest absolute Gasteiger partial charge is 0.175 e. The number of rotatable bonds is 11. The van der Waals surface area contributed by atoms with Gasteiger partial charge in [0.05, 0.1) is 0 Å². The maximum absolute atomic E-state index is 4.34. The van der Waals surface area contributed by atoms with E-state index in [1.165, 1.54) is 57.6 Å². The minimum absolute atomic E-state index is 0.766. The van der Waals surface area contributed by atoms with Gasteiger partial charge in [-0.25, -0.2) is 0 Å². The van der Waals surface area contributed by atoms with Gasteiger partial charge in [0, 0.05) is 0 Å². The summed E-state index contributed by atoms with van der Waals surface area (Å²) < 4.78 is 0. The Morgan fingerprint density at radius 2 is 1.43 bits per heavy atom. The Kier molecular flexibility index (Phi) is 8.68. The van der Waals surface area contributed by atoms with Crippen molar-refractivity contribution in [3.8, 4) is 0 Å². The Morgan fingerprint density at radius 1 is 0.913 bits per heavy atom. The quantitative estimate of drug-likeness (QED) is 0.348. The third kappa shape index (κ3) is 4.13. The summed E-state index contributed by atoms with van der Waals surface area (Å²) in [6.45, 7) is 19.5. The zero-order valence-electron chi connectivity index (χ0n) is 16.7. The van der Waals surface area contributed by atoms with Gasteiger partial charge in [-0.3, -0.25) is 0 Å². The van der Waals surface area contributed by atoms with Crippen molar-refractivity contribution in [3.05, 3.63) is 33.7 Å². The fourth-order valence-corrected chi connectivity index (χ4v) is 8.57. The van der Waals surface area contributed by atoms with Crippen LogP contribution in [-0.4, -0.2) is 14.8 Å². The van der Waals surface area contributed by atoms with E-state index in [0.29, 0.717) is 0 Å². The molecular formula is C21H39BSi. The van der Waals surface area contributed by atoms with Gasteiger partial charge in [-0.15, -0.1) is 6.58 Å². The predicted octanol–water partition coefficient (Wildman–Crippen LogP) is 7.34. The van der Waals surface area contributed by atoms with Crippen molar-refractivity contribution < 1.29 is 0 Å². The van der Waals surface area contributed by atoms with Crippen LogP contribution >= 0.6 is 0 Å². The molecule has 2 heteroatoms. The minimum Gasteiger partial charge on any atom is -0.106 e. The SMILES string of the molecule is C=C[Si]1(C)C(CCCC)=C(CC)C(B(CC)CC)=C1CCCC. The first-order valence-electron chi connectivity index (χ1n) is 10.1. The molecule has 1 aliphatic rings. The molecule has 0 saturated carbocycles. The van der Waals surface area contributed by atoms with E-state index in [1.54, 1.807) is 11.0 Å². The van der Waals surface area contributed by atoms with Crippen molar-refractivity contribution in [1.29, 1.82) is 0 Å². The van der Waals surface area contributed by atoms with E-state index in [9.17, 15) is 0 Å². The van der Waals surface area contributed by atoms with Crippen LogP contribution in [0.15, 0.2) is 33.7 Å². The summed E-state index contributed by atoms with van der Waals surface area (Å²) in [4.78, 5) is 0. The lowest BCUT2D eigenvalue weighted by molar-refractivity contribution is 0.795. The average molecular weight is 330 g/mol. The summed E-state index contributed by atoms with van der Waals surface area (Å²) in [5.41, 5.74) is 5.95. The molecule has 1 heterocycles. The Balaban J connectivity index is 3.47. The second kappa shape index (κ2) is 9.71. The van der Waals surface area contributed by atoms with Gasteiger partial charge >= 0.3 is 0 Å². The normalized spacial score (nSPS) is 21.3. The molecule has 1 aliphatic heterocycles. The highest BCUT2D eigenvalue weighted by Gasteiger charge is 2.43. The molecule has 0 spiro atoms. The molecule has 0 fully saturated rings. The minimum atomic E-state index is -1.61. The lowest BCUT2D eigenvalue weighted by Gasteiger charge is -2.27. The molecule has 1 rings (SSSR count). The van der Waals surface area contributed by atoms with Crippen molar-refractivity contribution in [3.63, 3.8) is 0 Å². The molecule has 0 aromatic rings. The number of allylic oxidation sites excluding steroid dienone is 4. The Bertz CT molecular complexity index is 456.